The number of nitrogens with one attached hydrogen (secondary N) is 1. The molecule has 1 unspecified atom stereocenters. The molecular weight excluding hydrogens is 276 g/mol. The molecule has 2 rings (SSSR count). The molecule has 1 aliphatic rings. The predicted molar refractivity (Wildman–Crippen MR) is 89.9 cm³/mol. The molecule has 1 saturated heterocycles. The van der Waals surface area contributed by atoms with Crippen LogP contribution in [0, 0.1) is 0 Å². The number of likely N-dealkylation sites (N-methyl/N-ethyl adjacent to an activating group) is 1. The van der Waals surface area contributed by atoms with E-state index in [1.807, 2.05) is 14.1 Å². The van der Waals surface area contributed by atoms with Crippen molar-refractivity contribution < 1.29 is 5.11 Å². The summed E-state index contributed by atoms with van der Waals surface area (Å²) in [6, 6.07) is 2.18. The molecule has 1 fully saturated rings. The van der Waals surface area contributed by atoms with E-state index in [9.17, 15) is 5.11 Å². The third kappa shape index (κ3) is 4.80. The van der Waals surface area contributed by atoms with Gasteiger partial charge in [-0.05, 0) is 46.0 Å². The van der Waals surface area contributed by atoms with Gasteiger partial charge in [0.1, 0.15) is 0 Å². The number of hydrogen-bond donors (Lipinski definition) is 2. The first-order chi connectivity index (χ1) is 10.2. The molecule has 2 heterocycles. The summed E-state index contributed by atoms with van der Waals surface area (Å²) in [5.41, 5.74) is 1.83. The molecule has 0 aromatic carbocycles. The Morgan fingerprint density at radius 1 is 1.32 bits per heavy atom. The lowest BCUT2D eigenvalue weighted by atomic mass is 9.92. The number of aromatic amines is 1. The molecule has 0 saturated carbocycles. The van der Waals surface area contributed by atoms with Crippen LogP contribution >= 0.6 is 0 Å². The van der Waals surface area contributed by atoms with Gasteiger partial charge < -0.3 is 10.0 Å². The number of H-pyrrole nitrogens is 1. The average Bonchev–Trinajstić information content (AvgIpc) is 2.76. The van der Waals surface area contributed by atoms with E-state index in [0.29, 0.717) is 0 Å². The van der Waals surface area contributed by atoms with Gasteiger partial charge in [-0.25, -0.2) is 0 Å². The van der Waals surface area contributed by atoms with E-state index < -0.39 is 5.60 Å². The standard InChI is InChI=1S/C17H32N4O/c1-16(2,3)15-11-14(18-19-15)12-21-9-6-7-17(22,8-10-21)13-20(4)5/h11,22H,6-10,12-13H2,1-5H3,(H,18,19). The van der Waals surface area contributed by atoms with Gasteiger partial charge in [-0.15, -0.1) is 0 Å². The quantitative estimate of drug-likeness (QED) is 0.893. The second-order valence-electron chi connectivity index (χ2n) is 8.12. The van der Waals surface area contributed by atoms with Crippen LogP contribution < -0.4 is 0 Å². The molecule has 2 N–H and O–H groups in total. The molecule has 1 aromatic rings. The summed E-state index contributed by atoms with van der Waals surface area (Å²) in [5, 5.41) is 18.3. The summed E-state index contributed by atoms with van der Waals surface area (Å²) < 4.78 is 0. The van der Waals surface area contributed by atoms with Crippen LogP contribution in [-0.2, 0) is 12.0 Å². The van der Waals surface area contributed by atoms with Crippen molar-refractivity contribution in [3.63, 3.8) is 0 Å². The monoisotopic (exact) mass is 308 g/mol. The van der Waals surface area contributed by atoms with Crippen molar-refractivity contribution in [1.29, 1.82) is 0 Å². The lowest BCUT2D eigenvalue weighted by Crippen LogP contribution is -2.40. The van der Waals surface area contributed by atoms with Gasteiger partial charge in [-0.1, -0.05) is 20.8 Å². The fraction of sp³-hybridized carbons (Fsp3) is 0.824. The van der Waals surface area contributed by atoms with Gasteiger partial charge in [0, 0.05) is 30.7 Å². The minimum atomic E-state index is -0.539. The number of hydrogen-bond acceptors (Lipinski definition) is 4. The molecule has 0 bridgehead atoms. The van der Waals surface area contributed by atoms with Crippen molar-refractivity contribution in [3.8, 4) is 0 Å². The molecule has 126 valence electrons. The van der Waals surface area contributed by atoms with Gasteiger partial charge in [-0.2, -0.15) is 5.10 Å². The summed E-state index contributed by atoms with van der Waals surface area (Å²) >= 11 is 0. The maximum Gasteiger partial charge on any atom is 0.0786 e. The Morgan fingerprint density at radius 3 is 2.64 bits per heavy atom. The van der Waals surface area contributed by atoms with Gasteiger partial charge in [0.05, 0.1) is 11.3 Å². The highest BCUT2D eigenvalue weighted by Crippen LogP contribution is 2.25. The Balaban J connectivity index is 1.93. The molecule has 0 radical (unpaired) electrons. The molecular formula is C17H32N4O. The van der Waals surface area contributed by atoms with E-state index in [1.165, 1.54) is 5.69 Å². The molecule has 5 nitrogen and oxygen atoms in total. The SMILES string of the molecule is CN(C)CC1(O)CCCN(Cc2cc(C(C)(C)C)n[nH]2)CC1. The highest BCUT2D eigenvalue weighted by Gasteiger charge is 2.30. The number of aliphatic hydroxyl groups is 1. The highest BCUT2D eigenvalue weighted by molar-refractivity contribution is 5.16. The molecule has 0 amide bonds. The third-order valence-corrected chi connectivity index (χ3v) is 4.41. The summed E-state index contributed by atoms with van der Waals surface area (Å²) in [4.78, 5) is 4.51. The normalized spacial score (nSPS) is 24.7. The zero-order chi connectivity index (χ0) is 16.4. The fourth-order valence-corrected chi connectivity index (χ4v) is 3.21. The molecule has 22 heavy (non-hydrogen) atoms. The largest absolute Gasteiger partial charge is 0.389 e. The number of likely N-dealkylation sites (tertiary alicyclic amines) is 1. The number of aromatic nitrogens is 2. The first kappa shape index (κ1) is 17.4. The average molecular weight is 308 g/mol. The maximum atomic E-state index is 10.7. The van der Waals surface area contributed by atoms with Crippen molar-refractivity contribution in [3.05, 3.63) is 17.5 Å². The van der Waals surface area contributed by atoms with Crippen LogP contribution in [0.2, 0.25) is 0 Å². The van der Waals surface area contributed by atoms with Gasteiger partial charge in [0.2, 0.25) is 0 Å². The van der Waals surface area contributed by atoms with Crippen LogP contribution in [0.3, 0.4) is 0 Å². The zero-order valence-corrected chi connectivity index (χ0v) is 14.8. The Morgan fingerprint density at radius 2 is 2.05 bits per heavy atom. The first-order valence-corrected chi connectivity index (χ1v) is 8.32. The molecule has 1 atom stereocenters. The Hall–Kier alpha value is -0.910. The number of rotatable bonds is 4. The van der Waals surface area contributed by atoms with Crippen molar-refractivity contribution in [2.45, 2.75) is 57.6 Å². The second kappa shape index (κ2) is 6.69. The summed E-state index contributed by atoms with van der Waals surface area (Å²) in [6.07, 6.45) is 2.77. The van der Waals surface area contributed by atoms with Crippen LogP contribution in [0.5, 0.6) is 0 Å². The van der Waals surface area contributed by atoms with Crippen molar-refractivity contribution >= 4 is 0 Å². The van der Waals surface area contributed by atoms with Crippen LogP contribution in [0.25, 0.3) is 0 Å². The molecule has 0 spiro atoms. The highest BCUT2D eigenvalue weighted by atomic mass is 16.3. The first-order valence-electron chi connectivity index (χ1n) is 8.32. The summed E-state index contributed by atoms with van der Waals surface area (Å²) in [5.74, 6) is 0. The molecule has 1 aromatic heterocycles. The van der Waals surface area contributed by atoms with E-state index in [-0.39, 0.29) is 5.41 Å². The van der Waals surface area contributed by atoms with Crippen molar-refractivity contribution in [2.75, 3.05) is 33.7 Å². The minimum Gasteiger partial charge on any atom is -0.389 e. The Bertz CT molecular complexity index is 477. The summed E-state index contributed by atoms with van der Waals surface area (Å²) in [6.45, 7) is 10.2. The molecule has 0 aliphatic carbocycles. The second-order valence-corrected chi connectivity index (χ2v) is 8.12. The Kier molecular flexibility index (Phi) is 5.30. The van der Waals surface area contributed by atoms with Crippen LogP contribution in [0.4, 0.5) is 0 Å². The van der Waals surface area contributed by atoms with Crippen LogP contribution in [0.1, 0.15) is 51.4 Å². The molecule has 1 aliphatic heterocycles. The number of nitrogens with zero attached hydrogens (tertiary/aromatic N) is 3. The van der Waals surface area contributed by atoms with Gasteiger partial charge >= 0.3 is 0 Å². The maximum absolute atomic E-state index is 10.7. The van der Waals surface area contributed by atoms with E-state index in [4.69, 9.17) is 0 Å². The third-order valence-electron chi connectivity index (χ3n) is 4.41. The lowest BCUT2D eigenvalue weighted by molar-refractivity contribution is 0.00255. The topological polar surface area (TPSA) is 55.4 Å². The molecule has 5 heteroatoms. The van der Waals surface area contributed by atoms with E-state index in [1.54, 1.807) is 0 Å². The minimum absolute atomic E-state index is 0.0828. The van der Waals surface area contributed by atoms with E-state index in [0.717, 1.165) is 51.1 Å². The van der Waals surface area contributed by atoms with Crippen molar-refractivity contribution in [1.82, 2.24) is 20.0 Å². The zero-order valence-electron chi connectivity index (χ0n) is 14.8. The van der Waals surface area contributed by atoms with Crippen LogP contribution in [-0.4, -0.2) is 64.4 Å². The fourth-order valence-electron chi connectivity index (χ4n) is 3.21. The van der Waals surface area contributed by atoms with Crippen LogP contribution in [0.15, 0.2) is 6.07 Å². The summed E-state index contributed by atoms with van der Waals surface area (Å²) in [7, 11) is 4.05. The van der Waals surface area contributed by atoms with Gasteiger partial charge in [-0.3, -0.25) is 10.00 Å². The lowest BCUT2D eigenvalue weighted by Gasteiger charge is -2.30. The smallest absolute Gasteiger partial charge is 0.0786 e. The van der Waals surface area contributed by atoms with Crippen molar-refractivity contribution in [2.24, 2.45) is 0 Å². The van der Waals surface area contributed by atoms with Gasteiger partial charge in [0.25, 0.3) is 0 Å². The predicted octanol–water partition coefficient (Wildman–Crippen LogP) is 1.99. The van der Waals surface area contributed by atoms with Gasteiger partial charge in [0.15, 0.2) is 0 Å². The van der Waals surface area contributed by atoms with E-state index in [2.05, 4.69) is 46.8 Å². The van der Waals surface area contributed by atoms with E-state index >= 15 is 0 Å². The Labute approximate surface area is 134 Å².